The summed E-state index contributed by atoms with van der Waals surface area (Å²) in [5.74, 6) is -0.322. The topological polar surface area (TPSA) is 124 Å². The number of carbonyl (C=O) groups excluding carboxylic acids is 1. The van der Waals surface area contributed by atoms with Crippen molar-refractivity contribution in [3.8, 4) is 0 Å². The van der Waals surface area contributed by atoms with Crippen LogP contribution in [0.3, 0.4) is 0 Å². The SMILES string of the molecule is O=C(Cc1c[nH]c(=O)[nH]c1=O)NCc1nc2ccc(F)cc2[nH]1. The fraction of sp³-hybridized carbons (Fsp3) is 0.143. The number of nitrogens with one attached hydrogen (secondary N) is 4. The average molecular weight is 317 g/mol. The molecule has 0 unspecified atom stereocenters. The van der Waals surface area contributed by atoms with Crippen molar-refractivity contribution in [3.63, 3.8) is 0 Å². The van der Waals surface area contributed by atoms with Gasteiger partial charge in [0.1, 0.15) is 11.6 Å². The number of amides is 1. The van der Waals surface area contributed by atoms with Crippen LogP contribution in [0.25, 0.3) is 11.0 Å². The lowest BCUT2D eigenvalue weighted by atomic mass is 10.2. The second-order valence-electron chi connectivity index (χ2n) is 4.90. The summed E-state index contributed by atoms with van der Waals surface area (Å²) in [6.45, 7) is 0.108. The van der Waals surface area contributed by atoms with E-state index in [9.17, 15) is 18.8 Å². The zero-order valence-corrected chi connectivity index (χ0v) is 11.8. The first-order valence-electron chi connectivity index (χ1n) is 6.73. The molecule has 0 aliphatic carbocycles. The minimum atomic E-state index is -0.631. The van der Waals surface area contributed by atoms with E-state index >= 15 is 0 Å². The van der Waals surface area contributed by atoms with E-state index in [4.69, 9.17) is 0 Å². The van der Waals surface area contributed by atoms with Gasteiger partial charge in [-0.2, -0.15) is 0 Å². The van der Waals surface area contributed by atoms with E-state index in [0.717, 1.165) is 0 Å². The monoisotopic (exact) mass is 317 g/mol. The molecule has 0 saturated carbocycles. The fourth-order valence-electron chi connectivity index (χ4n) is 2.11. The van der Waals surface area contributed by atoms with Crippen LogP contribution >= 0.6 is 0 Å². The summed E-state index contributed by atoms with van der Waals surface area (Å²) in [4.78, 5) is 45.7. The molecule has 0 bridgehead atoms. The number of hydrogen-bond acceptors (Lipinski definition) is 4. The van der Waals surface area contributed by atoms with Gasteiger partial charge in [0.15, 0.2) is 0 Å². The first-order chi connectivity index (χ1) is 11.0. The number of halogens is 1. The molecule has 8 nitrogen and oxygen atoms in total. The molecular formula is C14H12FN5O3. The Balaban J connectivity index is 1.65. The predicted octanol–water partition coefficient (Wildman–Crippen LogP) is -0.0625. The van der Waals surface area contributed by atoms with Crippen molar-refractivity contribution in [2.75, 3.05) is 0 Å². The zero-order valence-electron chi connectivity index (χ0n) is 11.8. The van der Waals surface area contributed by atoms with Crippen LogP contribution < -0.4 is 16.6 Å². The van der Waals surface area contributed by atoms with Crippen LogP contribution in [0.4, 0.5) is 4.39 Å². The van der Waals surface area contributed by atoms with Crippen molar-refractivity contribution in [1.29, 1.82) is 0 Å². The molecule has 118 valence electrons. The van der Waals surface area contributed by atoms with Crippen LogP contribution in [0.5, 0.6) is 0 Å². The molecule has 3 rings (SSSR count). The largest absolute Gasteiger partial charge is 0.349 e. The molecule has 0 aliphatic heterocycles. The lowest BCUT2D eigenvalue weighted by Gasteiger charge is -2.02. The molecule has 4 N–H and O–H groups in total. The molecule has 0 radical (unpaired) electrons. The highest BCUT2D eigenvalue weighted by atomic mass is 19.1. The summed E-state index contributed by atoms with van der Waals surface area (Å²) in [5, 5.41) is 2.59. The third-order valence-electron chi connectivity index (χ3n) is 3.19. The Kier molecular flexibility index (Phi) is 3.75. The maximum Gasteiger partial charge on any atom is 0.325 e. The number of carbonyl (C=O) groups is 1. The second-order valence-corrected chi connectivity index (χ2v) is 4.90. The van der Waals surface area contributed by atoms with Gasteiger partial charge < -0.3 is 15.3 Å². The number of imidazole rings is 1. The molecule has 3 aromatic rings. The molecule has 1 aromatic carbocycles. The number of nitrogens with zero attached hydrogens (tertiary/aromatic N) is 1. The van der Waals surface area contributed by atoms with Gasteiger partial charge >= 0.3 is 5.69 Å². The smallest absolute Gasteiger partial charge is 0.325 e. The lowest BCUT2D eigenvalue weighted by molar-refractivity contribution is -0.120. The molecular weight excluding hydrogens is 305 g/mol. The third-order valence-corrected chi connectivity index (χ3v) is 3.19. The average Bonchev–Trinajstić information content (AvgIpc) is 2.90. The van der Waals surface area contributed by atoms with Crippen molar-refractivity contribution < 1.29 is 9.18 Å². The van der Waals surface area contributed by atoms with E-state index in [-0.39, 0.29) is 24.3 Å². The summed E-state index contributed by atoms with van der Waals surface area (Å²) >= 11 is 0. The van der Waals surface area contributed by atoms with Gasteiger partial charge in [0.05, 0.1) is 24.0 Å². The van der Waals surface area contributed by atoms with Gasteiger partial charge in [-0.1, -0.05) is 0 Å². The Morgan fingerprint density at radius 1 is 1.26 bits per heavy atom. The van der Waals surface area contributed by atoms with Crippen LogP contribution in [0, 0.1) is 5.82 Å². The highest BCUT2D eigenvalue weighted by Gasteiger charge is 2.09. The quantitative estimate of drug-likeness (QED) is 0.538. The summed E-state index contributed by atoms with van der Waals surface area (Å²) in [7, 11) is 0. The minimum absolute atomic E-state index is 0.108. The molecule has 0 saturated heterocycles. The van der Waals surface area contributed by atoms with Crippen molar-refractivity contribution in [2.45, 2.75) is 13.0 Å². The second kappa shape index (κ2) is 5.87. The molecule has 1 amide bonds. The van der Waals surface area contributed by atoms with Gasteiger partial charge in [0.2, 0.25) is 5.91 Å². The molecule has 0 aliphatic rings. The normalized spacial score (nSPS) is 10.8. The third kappa shape index (κ3) is 3.34. The molecule has 0 fully saturated rings. The van der Waals surface area contributed by atoms with Gasteiger partial charge in [-0.15, -0.1) is 0 Å². The summed E-state index contributed by atoms with van der Waals surface area (Å²) < 4.78 is 13.1. The number of H-pyrrole nitrogens is 3. The number of fused-ring (bicyclic) bond motifs is 1. The summed E-state index contributed by atoms with van der Waals surface area (Å²) in [6.07, 6.45) is 1.02. The number of benzene rings is 1. The van der Waals surface area contributed by atoms with Crippen LogP contribution in [-0.4, -0.2) is 25.8 Å². The van der Waals surface area contributed by atoms with E-state index in [1.165, 1.54) is 24.4 Å². The number of aromatic amines is 3. The standard InChI is InChI=1S/C14H12FN5O3/c15-8-1-2-9-10(4-8)19-11(18-9)6-16-12(21)3-7-5-17-14(23)20-13(7)22/h1-2,4-5H,3,6H2,(H,16,21)(H,18,19)(H2,17,20,22,23). The van der Waals surface area contributed by atoms with Crippen molar-refractivity contribution in [3.05, 3.63) is 62.4 Å². The van der Waals surface area contributed by atoms with E-state index in [2.05, 4.69) is 20.3 Å². The molecule has 0 spiro atoms. The van der Waals surface area contributed by atoms with Crippen molar-refractivity contribution in [1.82, 2.24) is 25.3 Å². The van der Waals surface area contributed by atoms with Gasteiger partial charge in [0, 0.05) is 11.8 Å². The molecule has 9 heteroatoms. The number of hydrogen-bond donors (Lipinski definition) is 4. The van der Waals surface area contributed by atoms with Crippen molar-refractivity contribution in [2.24, 2.45) is 0 Å². The van der Waals surface area contributed by atoms with Gasteiger partial charge in [-0.25, -0.2) is 14.2 Å². The Morgan fingerprint density at radius 2 is 2.09 bits per heavy atom. The van der Waals surface area contributed by atoms with Crippen LogP contribution in [0.15, 0.2) is 34.0 Å². The van der Waals surface area contributed by atoms with Gasteiger partial charge in [-0.3, -0.25) is 14.6 Å². The highest BCUT2D eigenvalue weighted by molar-refractivity contribution is 5.78. The number of aromatic nitrogens is 4. The first kappa shape index (κ1) is 14.7. The molecule has 2 heterocycles. The Morgan fingerprint density at radius 3 is 2.87 bits per heavy atom. The number of rotatable bonds is 4. The Labute approximate surface area is 127 Å². The summed E-state index contributed by atoms with van der Waals surface area (Å²) in [6, 6.07) is 4.15. The van der Waals surface area contributed by atoms with Crippen LogP contribution in [0.2, 0.25) is 0 Å². The first-order valence-corrected chi connectivity index (χ1v) is 6.73. The Bertz CT molecular complexity index is 988. The maximum absolute atomic E-state index is 13.1. The van der Waals surface area contributed by atoms with Crippen LogP contribution in [-0.2, 0) is 17.8 Å². The molecule has 0 atom stereocenters. The zero-order chi connectivity index (χ0) is 16.4. The van der Waals surface area contributed by atoms with Gasteiger partial charge in [0.25, 0.3) is 5.56 Å². The van der Waals surface area contributed by atoms with E-state index < -0.39 is 17.2 Å². The molecule has 2 aromatic heterocycles. The summed E-state index contributed by atoms with van der Waals surface area (Å²) in [5.41, 5.74) is 0.0320. The predicted molar refractivity (Wildman–Crippen MR) is 79.3 cm³/mol. The maximum atomic E-state index is 13.1. The van der Waals surface area contributed by atoms with Crippen LogP contribution in [0.1, 0.15) is 11.4 Å². The lowest BCUT2D eigenvalue weighted by Crippen LogP contribution is -2.30. The molecule has 23 heavy (non-hydrogen) atoms. The van der Waals surface area contributed by atoms with Crippen molar-refractivity contribution >= 4 is 16.9 Å². The van der Waals surface area contributed by atoms with E-state index in [1.54, 1.807) is 0 Å². The minimum Gasteiger partial charge on any atom is -0.349 e. The van der Waals surface area contributed by atoms with E-state index in [1.807, 2.05) is 4.98 Å². The van der Waals surface area contributed by atoms with Gasteiger partial charge in [-0.05, 0) is 18.2 Å². The van der Waals surface area contributed by atoms with E-state index in [0.29, 0.717) is 16.9 Å². The fourth-order valence-corrected chi connectivity index (χ4v) is 2.11. The highest BCUT2D eigenvalue weighted by Crippen LogP contribution is 2.12. The Hall–Kier alpha value is -3.23.